The highest BCUT2D eigenvalue weighted by molar-refractivity contribution is 7.91. The summed E-state index contributed by atoms with van der Waals surface area (Å²) in [5.41, 5.74) is 5.86. The zero-order valence-corrected chi connectivity index (χ0v) is 25.1. The van der Waals surface area contributed by atoms with Crippen LogP contribution in [0.15, 0.2) is 24.3 Å². The second-order valence-electron chi connectivity index (χ2n) is 13.0. The van der Waals surface area contributed by atoms with Crippen molar-refractivity contribution >= 4 is 15.7 Å². The molecule has 4 aliphatic rings. The van der Waals surface area contributed by atoms with Gasteiger partial charge in [-0.25, -0.2) is 12.8 Å². The quantitative estimate of drug-likeness (QED) is 0.321. The SMILES string of the molecule is CCCCC1(NC(=O)C(C(C)N)C2CC3(CCC)CC3(C)C/C(F)=C\N2)CNC=CC1N1CCS(=O)(=O)CC1. The first-order valence-corrected chi connectivity index (χ1v) is 16.7. The Bertz CT molecular complexity index is 1050. The summed E-state index contributed by atoms with van der Waals surface area (Å²) in [5.74, 6) is -0.558. The van der Waals surface area contributed by atoms with Gasteiger partial charge < -0.3 is 21.7 Å². The van der Waals surface area contributed by atoms with Crippen LogP contribution in [0.1, 0.15) is 79.1 Å². The maximum Gasteiger partial charge on any atom is 0.227 e. The number of sulfone groups is 1. The van der Waals surface area contributed by atoms with Gasteiger partial charge in [-0.05, 0) is 55.7 Å². The smallest absolute Gasteiger partial charge is 0.227 e. The number of allylic oxidation sites excluding steroid dienone is 1. The van der Waals surface area contributed by atoms with E-state index in [-0.39, 0.29) is 46.2 Å². The summed E-state index contributed by atoms with van der Waals surface area (Å²) in [6.45, 7) is 9.81. The first-order valence-electron chi connectivity index (χ1n) is 14.9. The molecule has 0 aromatic rings. The molecular formula is C29H50FN5O3S. The average molecular weight is 568 g/mol. The highest BCUT2D eigenvalue weighted by Crippen LogP contribution is 2.71. The van der Waals surface area contributed by atoms with Crippen LogP contribution in [0.5, 0.6) is 0 Å². The molecular weight excluding hydrogens is 517 g/mol. The summed E-state index contributed by atoms with van der Waals surface area (Å²) in [7, 11) is -3.03. The predicted molar refractivity (Wildman–Crippen MR) is 154 cm³/mol. The number of nitrogens with zero attached hydrogens (tertiary/aromatic N) is 1. The molecule has 8 nitrogen and oxygen atoms in total. The topological polar surface area (TPSA) is 117 Å². The van der Waals surface area contributed by atoms with Crippen molar-refractivity contribution in [1.29, 1.82) is 0 Å². The monoisotopic (exact) mass is 567 g/mol. The van der Waals surface area contributed by atoms with Gasteiger partial charge in [0.05, 0.1) is 29.0 Å². The zero-order chi connectivity index (χ0) is 28.5. The number of amides is 1. The minimum absolute atomic E-state index is 0.00922. The van der Waals surface area contributed by atoms with Crippen molar-refractivity contribution in [3.63, 3.8) is 0 Å². The molecule has 10 heteroatoms. The lowest BCUT2D eigenvalue weighted by Crippen LogP contribution is -2.70. The van der Waals surface area contributed by atoms with Gasteiger partial charge in [0.1, 0.15) is 5.83 Å². The molecule has 2 fully saturated rings. The van der Waals surface area contributed by atoms with Gasteiger partial charge >= 0.3 is 0 Å². The maximum absolute atomic E-state index is 14.9. The summed E-state index contributed by atoms with van der Waals surface area (Å²) < 4.78 is 39.2. The van der Waals surface area contributed by atoms with Crippen molar-refractivity contribution < 1.29 is 17.6 Å². The Morgan fingerprint density at radius 3 is 2.62 bits per heavy atom. The van der Waals surface area contributed by atoms with Crippen molar-refractivity contribution in [2.75, 3.05) is 31.1 Å². The Morgan fingerprint density at radius 1 is 1.26 bits per heavy atom. The molecule has 4 rings (SSSR count). The molecule has 5 N–H and O–H groups in total. The van der Waals surface area contributed by atoms with E-state index in [4.69, 9.17) is 5.73 Å². The molecule has 3 aliphatic heterocycles. The minimum atomic E-state index is -3.03. The molecule has 0 radical (unpaired) electrons. The molecule has 222 valence electrons. The van der Waals surface area contributed by atoms with Gasteiger partial charge in [-0.1, -0.05) is 40.0 Å². The molecule has 0 bridgehead atoms. The van der Waals surface area contributed by atoms with E-state index in [9.17, 15) is 17.6 Å². The fourth-order valence-electron chi connectivity index (χ4n) is 7.76. The standard InChI is InChI=1S/C29H50FN5O3S/c1-5-7-10-29(20-32-11-8-24(29)35-12-14-39(37,38)15-13-35)34-26(36)25(21(3)31)23-17-28(9-6-2)19-27(28,4)16-22(30)18-33-23/h8,11,18,21,23-25,32-33H,5-7,9-10,12-17,19-20,31H2,1-4H3,(H,34,36)/b22-18+. The van der Waals surface area contributed by atoms with Crippen LogP contribution in [0, 0.1) is 16.7 Å². The lowest BCUT2D eigenvalue weighted by Gasteiger charge is -2.49. The lowest BCUT2D eigenvalue weighted by atomic mass is 9.76. The lowest BCUT2D eigenvalue weighted by molar-refractivity contribution is -0.129. The van der Waals surface area contributed by atoms with E-state index in [1.165, 1.54) is 6.20 Å². The Hall–Kier alpha value is -1.65. The molecule has 1 aliphatic carbocycles. The number of carbonyl (C=O) groups excluding carboxylic acids is 1. The molecule has 1 saturated heterocycles. The number of halogens is 1. The van der Waals surface area contributed by atoms with Gasteiger partial charge in [-0.2, -0.15) is 0 Å². The Balaban J connectivity index is 1.62. The van der Waals surface area contributed by atoms with Crippen LogP contribution < -0.4 is 21.7 Å². The fourth-order valence-corrected chi connectivity index (χ4v) is 8.99. The Kier molecular flexibility index (Phi) is 9.08. The van der Waals surface area contributed by atoms with E-state index >= 15 is 0 Å². The van der Waals surface area contributed by atoms with Crippen LogP contribution in [0.25, 0.3) is 0 Å². The van der Waals surface area contributed by atoms with Crippen LogP contribution in [0.3, 0.4) is 0 Å². The fraction of sp³-hybridized carbons (Fsp3) is 0.828. The van der Waals surface area contributed by atoms with Gasteiger partial charge in [0.25, 0.3) is 0 Å². The number of hydrogen-bond donors (Lipinski definition) is 4. The summed E-state index contributed by atoms with van der Waals surface area (Å²) in [4.78, 5) is 16.5. The number of rotatable bonds is 10. The molecule has 0 aromatic heterocycles. The third-order valence-electron chi connectivity index (χ3n) is 10.0. The van der Waals surface area contributed by atoms with Gasteiger partial charge in [-0.15, -0.1) is 0 Å². The predicted octanol–water partition coefficient (Wildman–Crippen LogP) is 2.97. The molecule has 7 atom stereocenters. The van der Waals surface area contributed by atoms with Crippen molar-refractivity contribution in [2.45, 2.75) is 103 Å². The van der Waals surface area contributed by atoms with E-state index in [2.05, 4.69) is 47.7 Å². The summed E-state index contributed by atoms with van der Waals surface area (Å²) in [6, 6.07) is -0.839. The molecule has 7 unspecified atom stereocenters. The van der Waals surface area contributed by atoms with Crippen LogP contribution >= 0.6 is 0 Å². The second-order valence-corrected chi connectivity index (χ2v) is 15.3. The van der Waals surface area contributed by atoms with Crippen molar-refractivity contribution in [3.8, 4) is 0 Å². The van der Waals surface area contributed by atoms with E-state index in [1.807, 2.05) is 13.1 Å². The highest BCUT2D eigenvalue weighted by atomic mass is 32.2. The third-order valence-corrected chi connectivity index (χ3v) is 11.6. The van der Waals surface area contributed by atoms with Gasteiger partial charge in [0, 0.05) is 44.3 Å². The molecule has 1 amide bonds. The third kappa shape index (κ3) is 6.32. The number of carbonyl (C=O) groups is 1. The van der Waals surface area contributed by atoms with E-state index in [1.54, 1.807) is 0 Å². The van der Waals surface area contributed by atoms with Crippen molar-refractivity contribution in [1.82, 2.24) is 20.9 Å². The first kappa shape index (κ1) is 30.3. The first-order chi connectivity index (χ1) is 18.4. The van der Waals surface area contributed by atoms with Crippen molar-refractivity contribution in [3.05, 3.63) is 24.3 Å². The van der Waals surface area contributed by atoms with Gasteiger partial charge in [-0.3, -0.25) is 9.69 Å². The largest absolute Gasteiger partial charge is 0.389 e. The average Bonchev–Trinajstić information content (AvgIpc) is 3.41. The molecule has 0 aromatic carbocycles. The van der Waals surface area contributed by atoms with E-state index in [0.717, 1.165) is 44.9 Å². The summed E-state index contributed by atoms with van der Waals surface area (Å²) in [5, 5.41) is 10.1. The van der Waals surface area contributed by atoms with E-state index < -0.39 is 27.3 Å². The minimum Gasteiger partial charge on any atom is -0.389 e. The van der Waals surface area contributed by atoms with Crippen molar-refractivity contribution in [2.24, 2.45) is 22.5 Å². The number of unbranched alkanes of at least 4 members (excludes halogenated alkanes) is 1. The van der Waals surface area contributed by atoms with E-state index in [0.29, 0.717) is 26.1 Å². The molecule has 3 heterocycles. The molecule has 39 heavy (non-hydrogen) atoms. The van der Waals surface area contributed by atoms with Crippen LogP contribution in [-0.4, -0.2) is 74.0 Å². The number of fused-ring (bicyclic) bond motifs is 1. The highest BCUT2D eigenvalue weighted by Gasteiger charge is 2.64. The zero-order valence-electron chi connectivity index (χ0n) is 24.3. The summed E-state index contributed by atoms with van der Waals surface area (Å²) >= 11 is 0. The Morgan fingerprint density at radius 2 is 1.97 bits per heavy atom. The van der Waals surface area contributed by atoms with Gasteiger partial charge in [0.15, 0.2) is 9.84 Å². The van der Waals surface area contributed by atoms with Gasteiger partial charge in [0.2, 0.25) is 5.91 Å². The Labute approximate surface area is 234 Å². The normalized spacial score (nSPS) is 39.0. The molecule has 1 saturated carbocycles. The number of nitrogens with one attached hydrogen (secondary N) is 3. The van der Waals surface area contributed by atoms with Crippen LogP contribution in [0.2, 0.25) is 0 Å². The molecule has 0 spiro atoms. The summed E-state index contributed by atoms with van der Waals surface area (Å²) in [6.07, 6.45) is 12.3. The van der Waals surface area contributed by atoms with Crippen LogP contribution in [0.4, 0.5) is 4.39 Å². The maximum atomic E-state index is 14.9. The second kappa shape index (κ2) is 11.7. The number of nitrogens with two attached hydrogens (primary N) is 1. The van der Waals surface area contributed by atoms with Crippen LogP contribution in [-0.2, 0) is 14.6 Å². The number of hydrogen-bond acceptors (Lipinski definition) is 7.